The van der Waals surface area contributed by atoms with E-state index in [1.807, 2.05) is 12.1 Å². The van der Waals surface area contributed by atoms with Crippen LogP contribution in [0.4, 0.5) is 5.69 Å². The Morgan fingerprint density at radius 3 is 2.43 bits per heavy atom. The molecule has 0 saturated carbocycles. The third kappa shape index (κ3) is 3.96. The molecule has 2 aromatic rings. The number of ether oxygens (including phenoxy) is 2. The van der Waals surface area contributed by atoms with E-state index in [1.165, 1.54) is 0 Å². The van der Waals surface area contributed by atoms with E-state index < -0.39 is 0 Å². The van der Waals surface area contributed by atoms with Gasteiger partial charge in [-0.3, -0.25) is 5.10 Å². The lowest BCUT2D eigenvalue weighted by molar-refractivity contribution is 0.391. The van der Waals surface area contributed by atoms with Crippen molar-refractivity contribution in [2.24, 2.45) is 0 Å². The largest absolute Gasteiger partial charge is 0.497 e. The third-order valence-corrected chi connectivity index (χ3v) is 4.34. The van der Waals surface area contributed by atoms with Crippen LogP contribution >= 0.6 is 0 Å². The molecule has 1 saturated heterocycles. The fourth-order valence-electron chi connectivity index (χ4n) is 2.95. The van der Waals surface area contributed by atoms with Crippen LogP contribution < -0.4 is 19.7 Å². The van der Waals surface area contributed by atoms with E-state index >= 15 is 0 Å². The molecule has 124 valence electrons. The number of anilines is 1. The van der Waals surface area contributed by atoms with Crippen LogP contribution in [0.25, 0.3) is 0 Å². The molecule has 1 aromatic carbocycles. The van der Waals surface area contributed by atoms with Gasteiger partial charge >= 0.3 is 0 Å². The van der Waals surface area contributed by atoms with Crippen molar-refractivity contribution in [3.63, 3.8) is 0 Å². The lowest BCUT2D eigenvalue weighted by Crippen LogP contribution is -2.42. The maximum absolute atomic E-state index is 5.36. The number of nitrogens with zero attached hydrogens (tertiary/aromatic N) is 2. The molecule has 6 heteroatoms. The summed E-state index contributed by atoms with van der Waals surface area (Å²) in [5, 5.41) is 10.6. The van der Waals surface area contributed by atoms with Gasteiger partial charge in [-0.2, -0.15) is 5.10 Å². The van der Waals surface area contributed by atoms with Crippen LogP contribution in [0.5, 0.6) is 11.5 Å². The van der Waals surface area contributed by atoms with Crippen LogP contribution in [0.2, 0.25) is 0 Å². The van der Waals surface area contributed by atoms with Gasteiger partial charge in [0.15, 0.2) is 0 Å². The summed E-state index contributed by atoms with van der Waals surface area (Å²) in [4.78, 5) is 2.39. The molecule has 6 nitrogen and oxygen atoms in total. The molecule has 0 unspecified atom stereocenters. The monoisotopic (exact) mass is 316 g/mol. The lowest BCUT2D eigenvalue weighted by atomic mass is 10.0. The number of piperidine rings is 1. The Kier molecular flexibility index (Phi) is 5.02. The van der Waals surface area contributed by atoms with Gasteiger partial charge in [-0.05, 0) is 18.9 Å². The first-order valence-corrected chi connectivity index (χ1v) is 7.98. The van der Waals surface area contributed by atoms with Crippen LogP contribution in [0.3, 0.4) is 0 Å². The molecule has 0 amide bonds. The zero-order chi connectivity index (χ0) is 16.1. The number of rotatable bonds is 6. The minimum Gasteiger partial charge on any atom is -0.497 e. The molecule has 2 heterocycles. The van der Waals surface area contributed by atoms with Gasteiger partial charge in [0.1, 0.15) is 11.5 Å². The second-order valence-electron chi connectivity index (χ2n) is 5.79. The van der Waals surface area contributed by atoms with E-state index in [2.05, 4.69) is 32.5 Å². The molecule has 0 radical (unpaired) electrons. The highest BCUT2D eigenvalue weighted by atomic mass is 16.5. The van der Waals surface area contributed by atoms with Crippen LogP contribution in [-0.2, 0) is 6.54 Å². The SMILES string of the molecule is COc1cc(OC)cc(N2CCC(NCc3ccn[nH]3)CC2)c1. The van der Waals surface area contributed by atoms with Crippen LogP contribution in [0.1, 0.15) is 18.5 Å². The van der Waals surface area contributed by atoms with Gasteiger partial charge < -0.3 is 19.7 Å². The van der Waals surface area contributed by atoms with Gasteiger partial charge in [0.05, 0.1) is 14.2 Å². The number of nitrogens with one attached hydrogen (secondary N) is 2. The first-order chi connectivity index (χ1) is 11.3. The minimum absolute atomic E-state index is 0.544. The predicted octanol–water partition coefficient (Wildman–Crippen LogP) is 2.19. The zero-order valence-corrected chi connectivity index (χ0v) is 13.7. The quantitative estimate of drug-likeness (QED) is 0.855. The highest BCUT2D eigenvalue weighted by molar-refractivity contribution is 5.56. The Balaban J connectivity index is 1.56. The maximum Gasteiger partial charge on any atom is 0.124 e. The molecule has 3 rings (SSSR count). The summed E-state index contributed by atoms with van der Waals surface area (Å²) in [6.07, 6.45) is 4.02. The molecule has 23 heavy (non-hydrogen) atoms. The molecular weight excluding hydrogens is 292 g/mol. The normalized spacial score (nSPS) is 15.7. The number of methoxy groups -OCH3 is 2. The standard InChI is InChI=1S/C17H24N4O2/c1-22-16-9-15(10-17(11-16)23-2)21-7-4-13(5-8-21)18-12-14-3-6-19-20-14/h3,6,9-11,13,18H,4-5,7-8,12H2,1-2H3,(H,19,20). The first-order valence-electron chi connectivity index (χ1n) is 7.98. The molecule has 0 atom stereocenters. The topological polar surface area (TPSA) is 62.4 Å². The molecule has 1 aliphatic heterocycles. The van der Waals surface area contributed by atoms with Gasteiger partial charge in [0.25, 0.3) is 0 Å². The molecule has 1 aromatic heterocycles. The highest BCUT2D eigenvalue weighted by Gasteiger charge is 2.20. The van der Waals surface area contributed by atoms with E-state index in [1.54, 1.807) is 20.4 Å². The summed E-state index contributed by atoms with van der Waals surface area (Å²) in [5.74, 6) is 1.66. The molecule has 1 aliphatic rings. The minimum atomic E-state index is 0.544. The van der Waals surface area contributed by atoms with Crippen molar-refractivity contribution >= 4 is 5.69 Å². The van der Waals surface area contributed by atoms with E-state index in [9.17, 15) is 0 Å². The van der Waals surface area contributed by atoms with Crippen molar-refractivity contribution in [1.82, 2.24) is 15.5 Å². The van der Waals surface area contributed by atoms with Crippen molar-refractivity contribution < 1.29 is 9.47 Å². The van der Waals surface area contributed by atoms with E-state index in [0.717, 1.165) is 55.4 Å². The first kappa shape index (κ1) is 15.7. The van der Waals surface area contributed by atoms with Gasteiger partial charge in [0.2, 0.25) is 0 Å². The second-order valence-corrected chi connectivity index (χ2v) is 5.79. The number of benzene rings is 1. The predicted molar refractivity (Wildman–Crippen MR) is 90.2 cm³/mol. The smallest absolute Gasteiger partial charge is 0.124 e. The van der Waals surface area contributed by atoms with Crippen LogP contribution in [0.15, 0.2) is 30.5 Å². The van der Waals surface area contributed by atoms with Crippen molar-refractivity contribution in [3.05, 3.63) is 36.2 Å². The van der Waals surface area contributed by atoms with Crippen molar-refractivity contribution in [2.45, 2.75) is 25.4 Å². The zero-order valence-electron chi connectivity index (χ0n) is 13.7. The van der Waals surface area contributed by atoms with Crippen LogP contribution in [-0.4, -0.2) is 43.5 Å². The summed E-state index contributed by atoms with van der Waals surface area (Å²) in [5.41, 5.74) is 2.29. The van der Waals surface area contributed by atoms with E-state index in [0.29, 0.717) is 6.04 Å². The Labute approximate surface area is 136 Å². The molecule has 2 N–H and O–H groups in total. The van der Waals surface area contributed by atoms with Crippen LogP contribution in [0, 0.1) is 0 Å². The van der Waals surface area contributed by atoms with Crippen molar-refractivity contribution in [2.75, 3.05) is 32.2 Å². The second kappa shape index (κ2) is 7.37. The summed E-state index contributed by atoms with van der Waals surface area (Å²) in [6, 6.07) is 8.59. The van der Waals surface area contributed by atoms with Gasteiger partial charge in [0, 0.05) is 61.5 Å². The average molecular weight is 316 g/mol. The van der Waals surface area contributed by atoms with E-state index in [4.69, 9.17) is 9.47 Å². The van der Waals surface area contributed by atoms with Crippen molar-refractivity contribution in [1.29, 1.82) is 0 Å². The Morgan fingerprint density at radius 1 is 1.17 bits per heavy atom. The fraction of sp³-hybridized carbons (Fsp3) is 0.471. The number of H-pyrrole nitrogens is 1. The Bertz CT molecular complexity index is 585. The molecule has 0 spiro atoms. The number of hydrogen-bond donors (Lipinski definition) is 2. The Hall–Kier alpha value is -2.21. The van der Waals surface area contributed by atoms with Crippen molar-refractivity contribution in [3.8, 4) is 11.5 Å². The number of hydrogen-bond acceptors (Lipinski definition) is 5. The summed E-state index contributed by atoms with van der Waals surface area (Å²) in [6.45, 7) is 2.89. The number of aromatic amines is 1. The third-order valence-electron chi connectivity index (χ3n) is 4.34. The maximum atomic E-state index is 5.36. The molecule has 0 bridgehead atoms. The average Bonchev–Trinajstić information content (AvgIpc) is 3.13. The number of aromatic nitrogens is 2. The Morgan fingerprint density at radius 2 is 1.87 bits per heavy atom. The van der Waals surface area contributed by atoms with E-state index in [-0.39, 0.29) is 0 Å². The highest BCUT2D eigenvalue weighted by Crippen LogP contribution is 2.30. The molecule has 1 fully saturated rings. The van der Waals surface area contributed by atoms with Gasteiger partial charge in [-0.1, -0.05) is 0 Å². The van der Waals surface area contributed by atoms with Gasteiger partial charge in [-0.25, -0.2) is 0 Å². The van der Waals surface area contributed by atoms with Gasteiger partial charge in [-0.15, -0.1) is 0 Å². The lowest BCUT2D eigenvalue weighted by Gasteiger charge is -2.34. The summed E-state index contributed by atoms with van der Waals surface area (Å²) >= 11 is 0. The molecular formula is C17H24N4O2. The molecule has 0 aliphatic carbocycles. The summed E-state index contributed by atoms with van der Waals surface area (Å²) < 4.78 is 10.7. The fourth-order valence-corrected chi connectivity index (χ4v) is 2.95. The summed E-state index contributed by atoms with van der Waals surface area (Å²) in [7, 11) is 3.37.